The molecular formula is C21H13F3N2O2. The second-order valence-corrected chi connectivity index (χ2v) is 6.15. The maximum Gasteiger partial charge on any atom is 0.573 e. The minimum Gasteiger partial charge on any atom is -0.452 e. The van der Waals surface area contributed by atoms with Crippen molar-refractivity contribution in [3.05, 3.63) is 66.2 Å². The van der Waals surface area contributed by atoms with Crippen LogP contribution in [-0.2, 0) is 0 Å². The first-order valence-corrected chi connectivity index (χ1v) is 8.31. The van der Waals surface area contributed by atoms with Gasteiger partial charge in [0.2, 0.25) is 0 Å². The lowest BCUT2D eigenvalue weighted by molar-refractivity contribution is -0.274. The Kier molecular flexibility index (Phi) is 4.12. The van der Waals surface area contributed by atoms with Gasteiger partial charge in [0, 0.05) is 23.5 Å². The summed E-state index contributed by atoms with van der Waals surface area (Å²) in [6.07, 6.45) is -4.73. The number of hydrogen-bond donors (Lipinski definition) is 0. The fraction of sp³-hybridized carbons (Fsp3) is 0.0952. The third-order valence-electron chi connectivity index (χ3n) is 4.44. The number of alkyl halides is 3. The van der Waals surface area contributed by atoms with Crippen LogP contribution in [0.5, 0.6) is 5.75 Å². The van der Waals surface area contributed by atoms with Gasteiger partial charge in [-0.15, -0.1) is 13.2 Å². The number of anilines is 2. The monoisotopic (exact) mass is 382 g/mol. The minimum absolute atomic E-state index is 0.287. The van der Waals surface area contributed by atoms with Crippen molar-refractivity contribution in [1.29, 1.82) is 5.26 Å². The summed E-state index contributed by atoms with van der Waals surface area (Å²) in [5.41, 5.74) is 2.93. The predicted octanol–water partition coefficient (Wildman–Crippen LogP) is 6.12. The number of nitriles is 1. The van der Waals surface area contributed by atoms with Crippen molar-refractivity contribution in [3.63, 3.8) is 0 Å². The molecule has 1 aromatic heterocycles. The second kappa shape index (κ2) is 6.50. The van der Waals surface area contributed by atoms with Crippen LogP contribution in [0.2, 0.25) is 0 Å². The van der Waals surface area contributed by atoms with Gasteiger partial charge in [0.1, 0.15) is 11.8 Å². The smallest absolute Gasteiger partial charge is 0.452 e. The highest BCUT2D eigenvalue weighted by molar-refractivity contribution is 6.10. The fourth-order valence-electron chi connectivity index (χ4n) is 3.17. The van der Waals surface area contributed by atoms with E-state index in [1.165, 1.54) is 24.3 Å². The number of fused-ring (bicyclic) bond motifs is 3. The normalized spacial score (nSPS) is 11.5. The molecule has 0 radical (unpaired) electrons. The van der Waals surface area contributed by atoms with E-state index in [0.717, 1.165) is 16.5 Å². The summed E-state index contributed by atoms with van der Waals surface area (Å²) in [6.45, 7) is 0. The van der Waals surface area contributed by atoms with E-state index < -0.39 is 6.36 Å². The zero-order valence-corrected chi connectivity index (χ0v) is 14.6. The summed E-state index contributed by atoms with van der Waals surface area (Å²) in [5, 5.41) is 11.0. The lowest BCUT2D eigenvalue weighted by atomic mass is 10.1. The zero-order valence-electron chi connectivity index (χ0n) is 14.6. The molecule has 0 spiro atoms. The third kappa shape index (κ3) is 3.09. The molecule has 0 N–H and O–H groups in total. The maximum absolute atomic E-state index is 12.3. The molecule has 7 heteroatoms. The number of nitrogens with zero attached hydrogens (tertiary/aromatic N) is 2. The van der Waals surface area contributed by atoms with Crippen LogP contribution in [0.1, 0.15) is 5.56 Å². The Hall–Kier alpha value is -3.66. The van der Waals surface area contributed by atoms with Crippen LogP contribution in [0.3, 0.4) is 0 Å². The zero-order chi connectivity index (χ0) is 19.9. The molecule has 0 aliphatic carbocycles. The summed E-state index contributed by atoms with van der Waals surface area (Å²) in [6, 6.07) is 18.7. The average Bonchev–Trinajstić information content (AvgIpc) is 3.05. The van der Waals surface area contributed by atoms with Gasteiger partial charge in [0.25, 0.3) is 0 Å². The first-order chi connectivity index (χ1) is 13.4. The predicted molar refractivity (Wildman–Crippen MR) is 99.6 cm³/mol. The van der Waals surface area contributed by atoms with Gasteiger partial charge in [-0.2, -0.15) is 5.26 Å². The molecule has 0 aliphatic rings. The molecule has 0 amide bonds. The van der Waals surface area contributed by atoms with Crippen LogP contribution in [0.15, 0.2) is 65.1 Å². The van der Waals surface area contributed by atoms with E-state index in [-0.39, 0.29) is 5.75 Å². The van der Waals surface area contributed by atoms with Crippen LogP contribution in [0.4, 0.5) is 24.5 Å². The molecule has 0 atom stereocenters. The maximum atomic E-state index is 12.3. The molecule has 4 rings (SSSR count). The van der Waals surface area contributed by atoms with Crippen LogP contribution in [0.25, 0.3) is 21.9 Å². The largest absolute Gasteiger partial charge is 0.573 e. The number of ether oxygens (including phenoxy) is 1. The van der Waals surface area contributed by atoms with Gasteiger partial charge in [0.15, 0.2) is 11.2 Å². The van der Waals surface area contributed by atoms with Gasteiger partial charge in [-0.3, -0.25) is 0 Å². The second-order valence-electron chi connectivity index (χ2n) is 6.15. The quantitative estimate of drug-likeness (QED) is 0.428. The van der Waals surface area contributed by atoms with Gasteiger partial charge in [0.05, 0.1) is 11.3 Å². The van der Waals surface area contributed by atoms with Crippen molar-refractivity contribution < 1.29 is 22.3 Å². The lowest BCUT2D eigenvalue weighted by Crippen LogP contribution is -2.17. The van der Waals surface area contributed by atoms with Crippen molar-refractivity contribution >= 4 is 33.3 Å². The Balaban J connectivity index is 1.77. The number of rotatable bonds is 3. The number of benzene rings is 3. The fourth-order valence-corrected chi connectivity index (χ4v) is 3.17. The summed E-state index contributed by atoms with van der Waals surface area (Å²) in [7, 11) is 1.78. The molecule has 0 fully saturated rings. The standard InChI is InChI=1S/C21H13F3N2O2/c1-26(14-8-10-15(11-9-14)28-21(22,23)24)18-7-3-6-17-16-5-2-4-13(12-25)19(16)27-20(17)18/h2-11H,1H3. The van der Waals surface area contributed by atoms with E-state index in [2.05, 4.69) is 10.8 Å². The van der Waals surface area contributed by atoms with E-state index in [1.54, 1.807) is 24.1 Å². The summed E-state index contributed by atoms with van der Waals surface area (Å²) < 4.78 is 46.9. The highest BCUT2D eigenvalue weighted by atomic mass is 19.4. The SMILES string of the molecule is CN(c1ccc(OC(F)(F)F)cc1)c1cccc2c1oc1c(C#N)cccc12. The highest BCUT2D eigenvalue weighted by Gasteiger charge is 2.31. The Bertz CT molecular complexity index is 1200. The van der Waals surface area contributed by atoms with Crippen molar-refractivity contribution in [1.82, 2.24) is 0 Å². The molecule has 0 unspecified atom stereocenters. The summed E-state index contributed by atoms with van der Waals surface area (Å²) >= 11 is 0. The van der Waals surface area contributed by atoms with Crippen LogP contribution in [-0.4, -0.2) is 13.4 Å². The van der Waals surface area contributed by atoms with E-state index >= 15 is 0 Å². The van der Waals surface area contributed by atoms with Crippen LogP contribution < -0.4 is 9.64 Å². The first-order valence-electron chi connectivity index (χ1n) is 8.31. The van der Waals surface area contributed by atoms with Gasteiger partial charge in [-0.25, -0.2) is 0 Å². The Morgan fingerprint density at radius 2 is 1.57 bits per heavy atom. The molecule has 28 heavy (non-hydrogen) atoms. The lowest BCUT2D eigenvalue weighted by Gasteiger charge is -2.20. The molecule has 4 nitrogen and oxygen atoms in total. The topological polar surface area (TPSA) is 49.4 Å². The number of para-hydroxylation sites is 2. The van der Waals surface area contributed by atoms with Crippen LogP contribution >= 0.6 is 0 Å². The minimum atomic E-state index is -4.73. The van der Waals surface area contributed by atoms with E-state index in [1.807, 2.05) is 24.3 Å². The van der Waals surface area contributed by atoms with Crippen molar-refractivity contribution in [3.8, 4) is 11.8 Å². The molecule has 0 aliphatic heterocycles. The van der Waals surface area contributed by atoms with E-state index in [9.17, 15) is 18.4 Å². The van der Waals surface area contributed by atoms with Crippen molar-refractivity contribution in [2.45, 2.75) is 6.36 Å². The Labute approximate surface area is 158 Å². The van der Waals surface area contributed by atoms with Gasteiger partial charge >= 0.3 is 6.36 Å². The van der Waals surface area contributed by atoms with Gasteiger partial charge < -0.3 is 14.1 Å². The average molecular weight is 382 g/mol. The molecule has 140 valence electrons. The molecule has 0 bridgehead atoms. The summed E-state index contributed by atoms with van der Waals surface area (Å²) in [4.78, 5) is 1.80. The molecule has 0 saturated carbocycles. The highest BCUT2D eigenvalue weighted by Crippen LogP contribution is 2.38. The van der Waals surface area contributed by atoms with Crippen LogP contribution in [0, 0.1) is 11.3 Å². The van der Waals surface area contributed by atoms with Gasteiger partial charge in [-0.1, -0.05) is 24.3 Å². The van der Waals surface area contributed by atoms with Gasteiger partial charge in [-0.05, 0) is 36.4 Å². The van der Waals surface area contributed by atoms with Crippen molar-refractivity contribution in [2.75, 3.05) is 11.9 Å². The first kappa shape index (κ1) is 17.7. The number of hydrogen-bond acceptors (Lipinski definition) is 4. The number of halogens is 3. The summed E-state index contributed by atoms with van der Waals surface area (Å²) in [5.74, 6) is -0.287. The molecular weight excluding hydrogens is 369 g/mol. The third-order valence-corrected chi connectivity index (χ3v) is 4.44. The Morgan fingerprint density at radius 1 is 0.929 bits per heavy atom. The van der Waals surface area contributed by atoms with Crippen molar-refractivity contribution in [2.24, 2.45) is 0 Å². The molecule has 0 saturated heterocycles. The molecule has 3 aromatic carbocycles. The van der Waals surface area contributed by atoms with E-state index in [0.29, 0.717) is 22.4 Å². The molecule has 4 aromatic rings. The van der Waals surface area contributed by atoms with E-state index in [4.69, 9.17) is 4.42 Å². The Morgan fingerprint density at radius 3 is 2.21 bits per heavy atom. The number of furan rings is 1. The molecule has 1 heterocycles.